The van der Waals surface area contributed by atoms with Gasteiger partial charge in [-0.05, 0) is 59.5 Å². The van der Waals surface area contributed by atoms with Gasteiger partial charge in [0.1, 0.15) is 0 Å². The van der Waals surface area contributed by atoms with Gasteiger partial charge in [-0.25, -0.2) is 0 Å². The lowest BCUT2D eigenvalue weighted by atomic mass is 9.89. The lowest BCUT2D eigenvalue weighted by Crippen LogP contribution is -2.51. The molecule has 2 aliphatic carbocycles. The van der Waals surface area contributed by atoms with Crippen molar-refractivity contribution in [2.75, 3.05) is 14.1 Å². The first-order chi connectivity index (χ1) is 8.50. The van der Waals surface area contributed by atoms with Gasteiger partial charge in [0, 0.05) is 18.1 Å². The summed E-state index contributed by atoms with van der Waals surface area (Å²) in [5, 5.41) is 0. The lowest BCUT2D eigenvalue weighted by molar-refractivity contribution is -0.136. The summed E-state index contributed by atoms with van der Waals surface area (Å²) in [6, 6.07) is 1.27. The average molecular weight is 253 g/mol. The molecular weight excluding hydrogens is 226 g/mol. The first-order valence-corrected chi connectivity index (χ1v) is 7.25. The number of carbonyl (C=O) groups is 1. The quantitative estimate of drug-likeness (QED) is 0.819. The van der Waals surface area contributed by atoms with Crippen LogP contribution in [0.3, 0.4) is 0 Å². The van der Waals surface area contributed by atoms with Crippen LogP contribution >= 0.6 is 0 Å². The third-order valence-corrected chi connectivity index (χ3v) is 4.37. The van der Waals surface area contributed by atoms with Crippen molar-refractivity contribution in [2.24, 2.45) is 5.73 Å². The zero-order chi connectivity index (χ0) is 13.3. The van der Waals surface area contributed by atoms with E-state index in [2.05, 4.69) is 23.9 Å². The average Bonchev–Trinajstić information content (AvgIpc) is 3.14. The normalized spacial score (nSPS) is 30.3. The van der Waals surface area contributed by atoms with E-state index in [1.807, 2.05) is 6.92 Å². The maximum Gasteiger partial charge on any atom is 0.239 e. The van der Waals surface area contributed by atoms with Gasteiger partial charge in [0.05, 0.1) is 6.04 Å². The van der Waals surface area contributed by atoms with Crippen LogP contribution in [0.5, 0.6) is 0 Å². The van der Waals surface area contributed by atoms with Gasteiger partial charge in [0.2, 0.25) is 5.91 Å². The fourth-order valence-corrected chi connectivity index (χ4v) is 3.10. The molecule has 0 bridgehead atoms. The van der Waals surface area contributed by atoms with Crippen molar-refractivity contribution < 1.29 is 4.79 Å². The maximum atomic E-state index is 12.2. The number of hydrogen-bond acceptors (Lipinski definition) is 3. The third-order valence-electron chi connectivity index (χ3n) is 4.37. The highest BCUT2D eigenvalue weighted by atomic mass is 16.2. The summed E-state index contributed by atoms with van der Waals surface area (Å²) >= 11 is 0. The van der Waals surface area contributed by atoms with Crippen LogP contribution in [-0.2, 0) is 4.79 Å². The van der Waals surface area contributed by atoms with Crippen LogP contribution in [0.1, 0.15) is 45.4 Å². The zero-order valence-electron chi connectivity index (χ0n) is 11.9. The Balaban J connectivity index is 1.95. The maximum absolute atomic E-state index is 12.2. The summed E-state index contributed by atoms with van der Waals surface area (Å²) in [6.07, 6.45) is 7.02. The van der Waals surface area contributed by atoms with Gasteiger partial charge in [-0.3, -0.25) is 4.79 Å². The van der Waals surface area contributed by atoms with Crippen molar-refractivity contribution in [3.63, 3.8) is 0 Å². The minimum atomic E-state index is -0.350. The standard InChI is InChI=1S/C14H27N3O/c1-10(15)14(18)17(13-8-9-13)12-6-4-11(5-7-12)16(2)3/h10-13H,4-9,15H2,1-3H3/t10-,11?,12?/m0/s1. The summed E-state index contributed by atoms with van der Waals surface area (Å²) in [5.74, 6) is 0.158. The van der Waals surface area contributed by atoms with E-state index in [-0.39, 0.29) is 11.9 Å². The SMILES string of the molecule is C[C@H](N)C(=O)N(C1CCC(N(C)C)CC1)C1CC1. The molecule has 4 heteroatoms. The van der Waals surface area contributed by atoms with Crippen LogP contribution in [0.15, 0.2) is 0 Å². The zero-order valence-corrected chi connectivity index (χ0v) is 11.9. The van der Waals surface area contributed by atoms with E-state index in [1.165, 1.54) is 25.7 Å². The highest BCUT2D eigenvalue weighted by molar-refractivity contribution is 5.82. The van der Waals surface area contributed by atoms with E-state index in [0.717, 1.165) is 12.8 Å². The predicted octanol–water partition coefficient (Wildman–Crippen LogP) is 1.20. The van der Waals surface area contributed by atoms with E-state index < -0.39 is 0 Å². The van der Waals surface area contributed by atoms with Gasteiger partial charge in [0.15, 0.2) is 0 Å². The van der Waals surface area contributed by atoms with Gasteiger partial charge in [0.25, 0.3) is 0 Å². The molecule has 1 atom stereocenters. The fraction of sp³-hybridized carbons (Fsp3) is 0.929. The van der Waals surface area contributed by atoms with E-state index in [0.29, 0.717) is 18.1 Å². The highest BCUT2D eigenvalue weighted by Gasteiger charge is 2.39. The molecule has 0 unspecified atom stereocenters. The first kappa shape index (κ1) is 13.8. The molecule has 104 valence electrons. The molecule has 4 nitrogen and oxygen atoms in total. The van der Waals surface area contributed by atoms with E-state index >= 15 is 0 Å². The first-order valence-electron chi connectivity index (χ1n) is 7.25. The van der Waals surface area contributed by atoms with Crippen molar-refractivity contribution in [1.82, 2.24) is 9.80 Å². The molecule has 0 heterocycles. The molecule has 2 rings (SSSR count). The summed E-state index contributed by atoms with van der Waals surface area (Å²) < 4.78 is 0. The smallest absolute Gasteiger partial charge is 0.239 e. The number of carbonyl (C=O) groups excluding carboxylic acids is 1. The molecule has 2 aliphatic rings. The number of nitrogens with two attached hydrogens (primary N) is 1. The van der Waals surface area contributed by atoms with Crippen molar-refractivity contribution in [3.05, 3.63) is 0 Å². The van der Waals surface area contributed by atoms with Crippen LogP contribution in [0.4, 0.5) is 0 Å². The molecule has 0 aromatic heterocycles. The molecule has 0 aromatic carbocycles. The molecule has 0 saturated heterocycles. The monoisotopic (exact) mass is 253 g/mol. The van der Waals surface area contributed by atoms with Gasteiger partial charge < -0.3 is 15.5 Å². The highest BCUT2D eigenvalue weighted by Crippen LogP contribution is 2.34. The number of hydrogen-bond donors (Lipinski definition) is 1. The van der Waals surface area contributed by atoms with Crippen molar-refractivity contribution in [1.29, 1.82) is 0 Å². The Morgan fingerprint density at radius 1 is 1.00 bits per heavy atom. The summed E-state index contributed by atoms with van der Waals surface area (Å²) in [7, 11) is 4.30. The second-order valence-electron chi connectivity index (χ2n) is 6.19. The molecule has 0 radical (unpaired) electrons. The van der Waals surface area contributed by atoms with E-state index in [4.69, 9.17) is 5.73 Å². The Kier molecular flexibility index (Phi) is 4.28. The Hall–Kier alpha value is -0.610. The van der Waals surface area contributed by atoms with Gasteiger partial charge in [-0.15, -0.1) is 0 Å². The lowest BCUT2D eigenvalue weighted by Gasteiger charge is -2.39. The Morgan fingerprint density at radius 2 is 1.39 bits per heavy atom. The van der Waals surface area contributed by atoms with E-state index in [1.54, 1.807) is 0 Å². The predicted molar refractivity (Wildman–Crippen MR) is 73.2 cm³/mol. The molecule has 1 amide bonds. The molecular formula is C14H27N3O. The Bertz CT molecular complexity index is 291. The summed E-state index contributed by atoms with van der Waals surface area (Å²) in [5.41, 5.74) is 5.79. The molecule has 18 heavy (non-hydrogen) atoms. The summed E-state index contributed by atoms with van der Waals surface area (Å²) in [6.45, 7) is 1.81. The molecule has 0 spiro atoms. The van der Waals surface area contributed by atoms with Crippen LogP contribution in [0, 0.1) is 0 Å². The second-order valence-corrected chi connectivity index (χ2v) is 6.19. The van der Waals surface area contributed by atoms with Crippen molar-refractivity contribution in [2.45, 2.75) is 69.6 Å². The van der Waals surface area contributed by atoms with Gasteiger partial charge in [-0.1, -0.05) is 0 Å². The molecule has 2 fully saturated rings. The molecule has 2 saturated carbocycles. The number of rotatable bonds is 4. The van der Waals surface area contributed by atoms with E-state index in [9.17, 15) is 4.79 Å². The molecule has 0 aliphatic heterocycles. The van der Waals surface area contributed by atoms with Gasteiger partial charge >= 0.3 is 0 Å². The van der Waals surface area contributed by atoms with Crippen LogP contribution in [0.2, 0.25) is 0 Å². The summed E-state index contributed by atoms with van der Waals surface area (Å²) in [4.78, 5) is 16.7. The van der Waals surface area contributed by atoms with Gasteiger partial charge in [-0.2, -0.15) is 0 Å². The van der Waals surface area contributed by atoms with Crippen LogP contribution in [0.25, 0.3) is 0 Å². The molecule has 0 aromatic rings. The third kappa shape index (κ3) is 3.04. The Morgan fingerprint density at radius 3 is 1.72 bits per heavy atom. The largest absolute Gasteiger partial charge is 0.335 e. The molecule has 2 N–H and O–H groups in total. The number of nitrogens with zero attached hydrogens (tertiary/aromatic N) is 2. The minimum absolute atomic E-state index is 0.158. The van der Waals surface area contributed by atoms with Crippen LogP contribution in [-0.4, -0.2) is 54.0 Å². The van der Waals surface area contributed by atoms with Crippen molar-refractivity contribution in [3.8, 4) is 0 Å². The van der Waals surface area contributed by atoms with Crippen LogP contribution < -0.4 is 5.73 Å². The minimum Gasteiger partial charge on any atom is -0.335 e. The van der Waals surface area contributed by atoms with Crippen molar-refractivity contribution >= 4 is 5.91 Å². The topological polar surface area (TPSA) is 49.6 Å². The second kappa shape index (κ2) is 5.57. The Labute approximate surface area is 110 Å². The number of amides is 1. The fourth-order valence-electron chi connectivity index (χ4n) is 3.10.